The molecule has 4 nitrogen and oxygen atoms in total. The number of nitrogens with one attached hydrogen (secondary N) is 1. The topological polar surface area (TPSA) is 67.8 Å². The van der Waals surface area contributed by atoms with Crippen LogP contribution >= 0.6 is 0 Å². The van der Waals surface area contributed by atoms with Crippen molar-refractivity contribution < 1.29 is 13.2 Å². The van der Waals surface area contributed by atoms with Gasteiger partial charge in [0.05, 0.1) is 18.4 Å². The van der Waals surface area contributed by atoms with Gasteiger partial charge >= 0.3 is 0 Å². The van der Waals surface area contributed by atoms with Crippen molar-refractivity contribution in [1.29, 1.82) is 0 Å². The monoisotopic (exact) mass is 275 g/mol. The Morgan fingerprint density at radius 1 is 1.15 bits per heavy atom. The Kier molecular flexibility index (Phi) is 3.08. The van der Waals surface area contributed by atoms with Crippen molar-refractivity contribution in [3.8, 4) is 22.8 Å². The molecule has 0 amide bonds. The number of halogens is 2. The highest BCUT2D eigenvalue weighted by atomic mass is 19.2. The first-order chi connectivity index (χ1) is 9.67. The van der Waals surface area contributed by atoms with Crippen LogP contribution in [0, 0.1) is 11.6 Å². The SMILES string of the molecule is NCc1ccc(-c2ncc(-c3ccc(F)c(F)c3)[nH]2)o1. The Bertz CT molecular complexity index is 748. The minimum atomic E-state index is -0.901. The summed E-state index contributed by atoms with van der Waals surface area (Å²) < 4.78 is 31.6. The summed E-state index contributed by atoms with van der Waals surface area (Å²) in [6, 6.07) is 7.17. The second kappa shape index (κ2) is 4.90. The molecule has 0 fully saturated rings. The molecule has 20 heavy (non-hydrogen) atoms. The first kappa shape index (κ1) is 12.6. The molecule has 3 N–H and O–H groups in total. The van der Waals surface area contributed by atoms with E-state index in [2.05, 4.69) is 9.97 Å². The summed E-state index contributed by atoms with van der Waals surface area (Å²) >= 11 is 0. The van der Waals surface area contributed by atoms with E-state index in [-0.39, 0.29) is 0 Å². The van der Waals surface area contributed by atoms with Crippen molar-refractivity contribution in [2.75, 3.05) is 0 Å². The van der Waals surface area contributed by atoms with Gasteiger partial charge in [0.15, 0.2) is 23.2 Å². The van der Waals surface area contributed by atoms with Crippen molar-refractivity contribution >= 4 is 0 Å². The van der Waals surface area contributed by atoms with Crippen LogP contribution in [0.25, 0.3) is 22.8 Å². The standard InChI is InChI=1S/C14H11F2N3O/c15-10-3-1-8(5-11(10)16)12-7-18-14(19-12)13-4-2-9(6-17)20-13/h1-5,7H,6,17H2,(H,18,19). The summed E-state index contributed by atoms with van der Waals surface area (Å²) in [6.07, 6.45) is 1.53. The highest BCUT2D eigenvalue weighted by Gasteiger charge is 2.11. The van der Waals surface area contributed by atoms with Gasteiger partial charge in [0.1, 0.15) is 5.76 Å². The lowest BCUT2D eigenvalue weighted by molar-refractivity contribution is 0.509. The number of furan rings is 1. The molecule has 0 spiro atoms. The van der Waals surface area contributed by atoms with E-state index in [1.165, 1.54) is 12.3 Å². The van der Waals surface area contributed by atoms with Crippen molar-refractivity contribution in [2.24, 2.45) is 5.73 Å². The van der Waals surface area contributed by atoms with Gasteiger partial charge in [0, 0.05) is 5.56 Å². The molecule has 0 aliphatic rings. The average Bonchev–Trinajstić information content (AvgIpc) is 3.09. The third-order valence-corrected chi connectivity index (χ3v) is 2.90. The maximum absolute atomic E-state index is 13.2. The van der Waals surface area contributed by atoms with Crippen LogP contribution in [-0.4, -0.2) is 9.97 Å². The van der Waals surface area contributed by atoms with Gasteiger partial charge in [-0.15, -0.1) is 0 Å². The molecule has 0 aliphatic heterocycles. The van der Waals surface area contributed by atoms with Crippen LogP contribution < -0.4 is 5.73 Å². The molecule has 6 heteroatoms. The van der Waals surface area contributed by atoms with E-state index in [0.29, 0.717) is 35.1 Å². The van der Waals surface area contributed by atoms with Crippen molar-refractivity contribution in [2.45, 2.75) is 6.54 Å². The van der Waals surface area contributed by atoms with Crippen molar-refractivity contribution in [3.63, 3.8) is 0 Å². The number of hydrogen-bond acceptors (Lipinski definition) is 3. The molecule has 2 heterocycles. The first-order valence-electron chi connectivity index (χ1n) is 5.97. The quantitative estimate of drug-likeness (QED) is 0.771. The Morgan fingerprint density at radius 3 is 2.70 bits per heavy atom. The zero-order valence-corrected chi connectivity index (χ0v) is 10.4. The van der Waals surface area contributed by atoms with Gasteiger partial charge in [-0.2, -0.15) is 0 Å². The zero-order valence-electron chi connectivity index (χ0n) is 10.4. The summed E-state index contributed by atoms with van der Waals surface area (Å²) in [5, 5.41) is 0. The highest BCUT2D eigenvalue weighted by Crippen LogP contribution is 2.24. The fraction of sp³-hybridized carbons (Fsp3) is 0.0714. The maximum Gasteiger partial charge on any atom is 0.173 e. The third-order valence-electron chi connectivity index (χ3n) is 2.90. The molecule has 0 radical (unpaired) electrons. The molecular formula is C14H11F2N3O. The summed E-state index contributed by atoms with van der Waals surface area (Å²) in [5.41, 5.74) is 6.55. The molecule has 0 atom stereocenters. The second-order valence-corrected chi connectivity index (χ2v) is 4.24. The largest absolute Gasteiger partial charge is 0.456 e. The van der Waals surface area contributed by atoms with Crippen LogP contribution in [0.4, 0.5) is 8.78 Å². The normalized spacial score (nSPS) is 10.9. The van der Waals surface area contributed by atoms with Gasteiger partial charge in [0.2, 0.25) is 0 Å². The Balaban J connectivity index is 1.95. The Morgan fingerprint density at radius 2 is 2.00 bits per heavy atom. The Labute approximate surface area is 113 Å². The van der Waals surface area contributed by atoms with Crippen LogP contribution in [0.15, 0.2) is 40.9 Å². The molecule has 0 saturated heterocycles. The van der Waals surface area contributed by atoms with E-state index < -0.39 is 11.6 Å². The molecule has 0 aliphatic carbocycles. The van der Waals surface area contributed by atoms with Gasteiger partial charge in [-0.05, 0) is 30.3 Å². The minimum Gasteiger partial charge on any atom is -0.456 e. The summed E-state index contributed by atoms with van der Waals surface area (Å²) in [7, 11) is 0. The minimum absolute atomic E-state index is 0.302. The van der Waals surface area contributed by atoms with E-state index >= 15 is 0 Å². The zero-order chi connectivity index (χ0) is 14.1. The van der Waals surface area contributed by atoms with Gasteiger partial charge in [-0.1, -0.05) is 0 Å². The molecule has 0 bridgehead atoms. The summed E-state index contributed by atoms with van der Waals surface area (Å²) in [5.74, 6) is -0.0938. The third kappa shape index (κ3) is 2.21. The van der Waals surface area contributed by atoms with Crippen LogP contribution in [0.5, 0.6) is 0 Å². The number of nitrogens with zero attached hydrogens (tertiary/aromatic N) is 1. The van der Waals surface area contributed by atoms with Crippen LogP contribution in [0.1, 0.15) is 5.76 Å². The Hall–Kier alpha value is -2.47. The molecule has 0 unspecified atom stereocenters. The van der Waals surface area contributed by atoms with E-state index in [1.807, 2.05) is 0 Å². The highest BCUT2D eigenvalue weighted by molar-refractivity contribution is 5.62. The lowest BCUT2D eigenvalue weighted by atomic mass is 10.1. The number of imidazole rings is 1. The molecule has 102 valence electrons. The predicted molar refractivity (Wildman–Crippen MR) is 69.5 cm³/mol. The number of nitrogens with two attached hydrogens (primary N) is 1. The van der Waals surface area contributed by atoms with Crippen LogP contribution in [0.2, 0.25) is 0 Å². The fourth-order valence-corrected chi connectivity index (χ4v) is 1.87. The molecule has 1 aromatic carbocycles. The number of rotatable bonds is 3. The summed E-state index contributed by atoms with van der Waals surface area (Å²) in [6.45, 7) is 0.302. The summed E-state index contributed by atoms with van der Waals surface area (Å²) in [4.78, 5) is 7.15. The van der Waals surface area contributed by atoms with E-state index in [4.69, 9.17) is 10.2 Å². The van der Waals surface area contributed by atoms with Crippen molar-refractivity contribution in [1.82, 2.24) is 9.97 Å². The molecule has 3 aromatic rings. The predicted octanol–water partition coefficient (Wildman–Crippen LogP) is 3.07. The van der Waals surface area contributed by atoms with Crippen LogP contribution in [-0.2, 0) is 6.54 Å². The number of aromatic amines is 1. The van der Waals surface area contributed by atoms with Gasteiger partial charge in [-0.25, -0.2) is 13.8 Å². The smallest absolute Gasteiger partial charge is 0.173 e. The molecule has 2 aromatic heterocycles. The fourth-order valence-electron chi connectivity index (χ4n) is 1.87. The number of benzene rings is 1. The number of hydrogen-bond donors (Lipinski definition) is 2. The van der Waals surface area contributed by atoms with E-state index in [9.17, 15) is 8.78 Å². The van der Waals surface area contributed by atoms with Gasteiger partial charge in [-0.3, -0.25) is 0 Å². The maximum atomic E-state index is 13.2. The second-order valence-electron chi connectivity index (χ2n) is 4.24. The molecule has 3 rings (SSSR count). The van der Waals surface area contributed by atoms with Crippen LogP contribution in [0.3, 0.4) is 0 Å². The van der Waals surface area contributed by atoms with E-state index in [0.717, 1.165) is 12.1 Å². The lowest BCUT2D eigenvalue weighted by Crippen LogP contribution is -1.92. The lowest BCUT2D eigenvalue weighted by Gasteiger charge is -1.98. The van der Waals surface area contributed by atoms with Gasteiger partial charge in [0.25, 0.3) is 0 Å². The van der Waals surface area contributed by atoms with Crippen molar-refractivity contribution in [3.05, 3.63) is 53.9 Å². The average molecular weight is 275 g/mol. The number of aromatic nitrogens is 2. The number of H-pyrrole nitrogens is 1. The first-order valence-corrected chi connectivity index (χ1v) is 5.97. The molecular weight excluding hydrogens is 264 g/mol. The molecule has 0 saturated carbocycles. The van der Waals surface area contributed by atoms with Gasteiger partial charge < -0.3 is 15.1 Å². The van der Waals surface area contributed by atoms with E-state index in [1.54, 1.807) is 12.1 Å².